The predicted octanol–water partition coefficient (Wildman–Crippen LogP) is 5.40. The molecule has 0 amide bonds. The van der Waals surface area contributed by atoms with Crippen molar-refractivity contribution in [3.8, 4) is 5.75 Å². The number of carbonyl (C=O) groups is 1. The van der Waals surface area contributed by atoms with Crippen molar-refractivity contribution in [1.29, 1.82) is 0 Å². The van der Waals surface area contributed by atoms with Gasteiger partial charge in [-0.15, -0.1) is 0 Å². The van der Waals surface area contributed by atoms with E-state index in [1.54, 1.807) is 31.4 Å². The number of unbranched alkanes of at least 4 members (excludes halogenated alkanes) is 3. The van der Waals surface area contributed by atoms with Crippen molar-refractivity contribution >= 4 is 5.97 Å². The summed E-state index contributed by atoms with van der Waals surface area (Å²) in [5.74, 6) is 0.335. The number of benzene rings is 1. The van der Waals surface area contributed by atoms with Crippen LogP contribution in [0.1, 0.15) is 76.1 Å². The van der Waals surface area contributed by atoms with Gasteiger partial charge in [0.15, 0.2) is 0 Å². The molecule has 0 radical (unpaired) electrons. The normalized spacial score (nSPS) is 16.3. The Hall–Kier alpha value is -1.55. The number of methoxy groups -OCH3 is 1. The fourth-order valence-electron chi connectivity index (χ4n) is 2.70. The van der Waals surface area contributed by atoms with Crippen molar-refractivity contribution < 1.29 is 19.0 Å². The van der Waals surface area contributed by atoms with Crippen LogP contribution in [-0.4, -0.2) is 31.9 Å². The van der Waals surface area contributed by atoms with E-state index in [4.69, 9.17) is 14.2 Å². The van der Waals surface area contributed by atoms with Crippen molar-refractivity contribution in [2.24, 2.45) is 0 Å². The van der Waals surface area contributed by atoms with Crippen LogP contribution in [0.2, 0.25) is 0 Å². The summed E-state index contributed by atoms with van der Waals surface area (Å²) in [6, 6.07) is 6.90. The first kappa shape index (κ1) is 21.5. The molecule has 0 saturated carbocycles. The molecule has 0 aliphatic carbocycles. The zero-order chi connectivity index (χ0) is 18.5. The van der Waals surface area contributed by atoms with E-state index < -0.39 is 0 Å². The maximum atomic E-state index is 11.4. The third kappa shape index (κ3) is 9.49. The first-order valence-electron chi connectivity index (χ1n) is 9.53. The molecule has 4 nitrogen and oxygen atoms in total. The maximum absolute atomic E-state index is 11.4. The Kier molecular flexibility index (Phi) is 11.0. The van der Waals surface area contributed by atoms with E-state index in [0.717, 1.165) is 6.61 Å². The quantitative estimate of drug-likeness (QED) is 0.465. The van der Waals surface area contributed by atoms with Gasteiger partial charge in [0, 0.05) is 6.61 Å². The molecule has 1 aromatic rings. The Morgan fingerprint density at radius 2 is 2.08 bits per heavy atom. The van der Waals surface area contributed by atoms with Gasteiger partial charge in [0.1, 0.15) is 5.75 Å². The van der Waals surface area contributed by atoms with Crippen LogP contribution in [0.5, 0.6) is 5.75 Å². The monoisotopic (exact) mass is 350 g/mol. The van der Waals surface area contributed by atoms with Gasteiger partial charge < -0.3 is 14.2 Å². The second-order valence-corrected chi connectivity index (χ2v) is 6.67. The van der Waals surface area contributed by atoms with E-state index in [9.17, 15) is 4.79 Å². The van der Waals surface area contributed by atoms with Gasteiger partial charge >= 0.3 is 5.97 Å². The van der Waals surface area contributed by atoms with Gasteiger partial charge in [-0.3, -0.25) is 0 Å². The maximum Gasteiger partial charge on any atom is 0.338 e. The number of carbonyl (C=O) groups excluding carboxylic acids is 1. The fourth-order valence-corrected chi connectivity index (χ4v) is 2.70. The molecule has 0 N–H and O–H groups in total. The Morgan fingerprint density at radius 3 is 2.68 bits per heavy atom. The molecule has 0 bridgehead atoms. The first-order chi connectivity index (χ1) is 12.1. The van der Waals surface area contributed by atoms with E-state index >= 15 is 0 Å². The molecule has 1 heterocycles. The Balaban J connectivity index is 0.000000257. The molecule has 2 rings (SSSR count). The van der Waals surface area contributed by atoms with E-state index in [-0.39, 0.29) is 12.1 Å². The standard InChI is InChI=1S/C11H14O3.C10H20O/c1-8(2)14-11(12)9-5-4-6-10(7-9)13-3;1-2-3-4-5-7-10-8-6-9-11-10/h4-8H,1-3H3;10H,2-9H2,1H3. The molecule has 1 saturated heterocycles. The summed E-state index contributed by atoms with van der Waals surface area (Å²) >= 11 is 0. The highest BCUT2D eigenvalue weighted by molar-refractivity contribution is 5.89. The molecule has 0 spiro atoms. The van der Waals surface area contributed by atoms with Crippen molar-refractivity contribution in [2.45, 2.75) is 77.9 Å². The van der Waals surface area contributed by atoms with Crippen LogP contribution in [0, 0.1) is 0 Å². The molecular weight excluding hydrogens is 316 g/mol. The van der Waals surface area contributed by atoms with Gasteiger partial charge in [0.05, 0.1) is 24.9 Å². The van der Waals surface area contributed by atoms with Gasteiger partial charge in [-0.25, -0.2) is 4.79 Å². The van der Waals surface area contributed by atoms with Crippen LogP contribution in [-0.2, 0) is 9.47 Å². The lowest BCUT2D eigenvalue weighted by Crippen LogP contribution is -2.11. The molecule has 4 heteroatoms. The largest absolute Gasteiger partial charge is 0.497 e. The van der Waals surface area contributed by atoms with Crippen molar-refractivity contribution in [3.63, 3.8) is 0 Å². The summed E-state index contributed by atoms with van der Waals surface area (Å²) in [5.41, 5.74) is 0.512. The summed E-state index contributed by atoms with van der Waals surface area (Å²) in [6.45, 7) is 6.90. The van der Waals surface area contributed by atoms with E-state index in [1.807, 2.05) is 13.8 Å². The zero-order valence-corrected chi connectivity index (χ0v) is 16.3. The second-order valence-electron chi connectivity index (χ2n) is 6.67. The number of rotatable bonds is 8. The van der Waals surface area contributed by atoms with Crippen LogP contribution in [0.15, 0.2) is 24.3 Å². The van der Waals surface area contributed by atoms with Gasteiger partial charge in [-0.05, 0) is 51.3 Å². The van der Waals surface area contributed by atoms with Gasteiger partial charge in [0.2, 0.25) is 0 Å². The highest BCUT2D eigenvalue weighted by atomic mass is 16.5. The zero-order valence-electron chi connectivity index (χ0n) is 16.3. The summed E-state index contributed by atoms with van der Waals surface area (Å²) in [6.07, 6.45) is 9.93. The minimum absolute atomic E-state index is 0.103. The van der Waals surface area contributed by atoms with Crippen LogP contribution >= 0.6 is 0 Å². The lowest BCUT2D eigenvalue weighted by molar-refractivity contribution is 0.0377. The Morgan fingerprint density at radius 1 is 1.28 bits per heavy atom. The van der Waals surface area contributed by atoms with Gasteiger partial charge in [0.25, 0.3) is 0 Å². The lowest BCUT2D eigenvalue weighted by atomic mass is 10.1. The van der Waals surface area contributed by atoms with Crippen LogP contribution < -0.4 is 4.74 Å². The molecule has 142 valence electrons. The third-order valence-electron chi connectivity index (χ3n) is 4.05. The van der Waals surface area contributed by atoms with Crippen LogP contribution in [0.4, 0.5) is 0 Å². The van der Waals surface area contributed by atoms with Crippen LogP contribution in [0.3, 0.4) is 0 Å². The molecule has 1 fully saturated rings. The van der Waals surface area contributed by atoms with E-state index in [1.165, 1.54) is 44.9 Å². The molecule has 1 atom stereocenters. The minimum atomic E-state index is -0.320. The van der Waals surface area contributed by atoms with Crippen molar-refractivity contribution in [2.75, 3.05) is 13.7 Å². The van der Waals surface area contributed by atoms with Gasteiger partial charge in [-0.1, -0.05) is 38.7 Å². The molecule has 1 aliphatic heterocycles. The van der Waals surface area contributed by atoms with E-state index in [2.05, 4.69) is 6.92 Å². The summed E-state index contributed by atoms with van der Waals surface area (Å²) in [7, 11) is 1.56. The molecular formula is C21H34O4. The van der Waals surface area contributed by atoms with Gasteiger partial charge in [-0.2, -0.15) is 0 Å². The average Bonchev–Trinajstić information content (AvgIpc) is 3.12. The summed E-state index contributed by atoms with van der Waals surface area (Å²) in [4.78, 5) is 11.4. The highest BCUT2D eigenvalue weighted by Gasteiger charge is 2.14. The van der Waals surface area contributed by atoms with Crippen molar-refractivity contribution in [1.82, 2.24) is 0 Å². The lowest BCUT2D eigenvalue weighted by Gasteiger charge is -2.08. The Labute approximate surface area is 152 Å². The minimum Gasteiger partial charge on any atom is -0.497 e. The third-order valence-corrected chi connectivity index (χ3v) is 4.05. The summed E-state index contributed by atoms with van der Waals surface area (Å²) < 4.78 is 15.6. The number of hydrogen-bond donors (Lipinski definition) is 0. The molecule has 1 aliphatic rings. The van der Waals surface area contributed by atoms with E-state index in [0.29, 0.717) is 17.4 Å². The van der Waals surface area contributed by atoms with Crippen molar-refractivity contribution in [3.05, 3.63) is 29.8 Å². The second kappa shape index (κ2) is 12.8. The molecule has 1 aromatic carbocycles. The first-order valence-corrected chi connectivity index (χ1v) is 9.53. The summed E-state index contributed by atoms with van der Waals surface area (Å²) in [5, 5.41) is 0. The number of ether oxygens (including phenoxy) is 3. The SMILES string of the molecule is CCCCCCC1CCCO1.COc1cccc(C(=O)OC(C)C)c1. The topological polar surface area (TPSA) is 44.8 Å². The fraction of sp³-hybridized carbons (Fsp3) is 0.667. The molecule has 25 heavy (non-hydrogen) atoms. The average molecular weight is 350 g/mol. The Bertz CT molecular complexity index is 479. The molecule has 0 aromatic heterocycles. The number of esters is 1. The molecule has 1 unspecified atom stereocenters. The van der Waals surface area contributed by atoms with Crippen LogP contribution in [0.25, 0.3) is 0 Å². The predicted molar refractivity (Wildman–Crippen MR) is 101 cm³/mol. The number of hydrogen-bond acceptors (Lipinski definition) is 4. The smallest absolute Gasteiger partial charge is 0.338 e. The highest BCUT2D eigenvalue weighted by Crippen LogP contribution is 2.18.